The van der Waals surface area contributed by atoms with Crippen LogP contribution in [0.25, 0.3) is 10.9 Å². The highest BCUT2D eigenvalue weighted by molar-refractivity contribution is 7.95. The van der Waals surface area contributed by atoms with Crippen molar-refractivity contribution in [3.63, 3.8) is 0 Å². The van der Waals surface area contributed by atoms with E-state index in [1.54, 1.807) is 35.9 Å². The van der Waals surface area contributed by atoms with E-state index in [0.717, 1.165) is 24.0 Å². The number of rotatable bonds is 7. The van der Waals surface area contributed by atoms with Crippen LogP contribution in [-0.2, 0) is 17.4 Å². The molecule has 34 heavy (non-hydrogen) atoms. The summed E-state index contributed by atoms with van der Waals surface area (Å²) in [4.78, 5) is 35.7. The lowest BCUT2D eigenvalue weighted by atomic mass is 9.82. The van der Waals surface area contributed by atoms with Crippen molar-refractivity contribution < 1.29 is 19.5 Å². The van der Waals surface area contributed by atoms with E-state index in [1.807, 2.05) is 10.4 Å². The van der Waals surface area contributed by atoms with Crippen LogP contribution in [0.5, 0.6) is 0 Å². The highest BCUT2D eigenvalue weighted by atomic mass is 35.5. The fraction of sp³-hybridized carbons (Fsp3) is 0.261. The first kappa shape index (κ1) is 24.4. The number of amides is 2. The van der Waals surface area contributed by atoms with Gasteiger partial charge in [-0.05, 0) is 48.7 Å². The molecule has 1 saturated heterocycles. The number of halogens is 2. The minimum Gasteiger partial charge on any atom is -0.478 e. The minimum absolute atomic E-state index is 0.162. The first-order valence-corrected chi connectivity index (χ1v) is 12.0. The van der Waals surface area contributed by atoms with Crippen LogP contribution in [0.15, 0.2) is 42.5 Å². The van der Waals surface area contributed by atoms with E-state index in [0.29, 0.717) is 40.5 Å². The first-order valence-electron chi connectivity index (χ1n) is 10.5. The van der Waals surface area contributed by atoms with Gasteiger partial charge in [0.25, 0.3) is 5.91 Å². The van der Waals surface area contributed by atoms with Crippen LogP contribution in [0.1, 0.15) is 39.3 Å². The van der Waals surface area contributed by atoms with Gasteiger partial charge in [-0.25, -0.2) is 9.10 Å². The quantitative estimate of drug-likeness (QED) is 0.318. The normalized spacial score (nSPS) is 18.6. The van der Waals surface area contributed by atoms with E-state index in [9.17, 15) is 19.5 Å². The maximum atomic E-state index is 13.6. The fourth-order valence-corrected chi connectivity index (χ4v) is 5.46. The van der Waals surface area contributed by atoms with Gasteiger partial charge in [-0.15, -0.1) is 0 Å². The summed E-state index contributed by atoms with van der Waals surface area (Å²) in [5.41, 5.74) is 1.33. The Morgan fingerprint density at radius 1 is 1.18 bits per heavy atom. The Hall–Kier alpha value is -2.72. The summed E-state index contributed by atoms with van der Waals surface area (Å²) in [5.74, 6) is -1.32. The maximum absolute atomic E-state index is 13.6. The molecule has 1 unspecified atom stereocenters. The Bertz CT molecular complexity index is 1260. The molecule has 2 heterocycles. The Labute approximate surface area is 210 Å². The molecule has 0 bridgehead atoms. The monoisotopic (exact) mass is 520 g/mol. The van der Waals surface area contributed by atoms with E-state index in [4.69, 9.17) is 23.2 Å². The van der Waals surface area contributed by atoms with E-state index in [-0.39, 0.29) is 11.5 Å². The predicted octanol–water partition coefficient (Wildman–Crippen LogP) is 4.21. The number of nitrogens with zero attached hydrogens (tertiary/aromatic N) is 2. The molecule has 0 spiro atoms. The van der Waals surface area contributed by atoms with Crippen molar-refractivity contribution in [3.05, 3.63) is 69.3 Å². The van der Waals surface area contributed by atoms with Gasteiger partial charge in [-0.1, -0.05) is 35.3 Å². The number of fused-ring (bicyclic) bond motifs is 1. The number of aromatic carboxylic acids is 1. The second kappa shape index (κ2) is 9.87. The number of piperidine rings is 1. The zero-order valence-corrected chi connectivity index (χ0v) is 20.5. The molecular weight excluding hydrogens is 499 g/mol. The van der Waals surface area contributed by atoms with Crippen LogP contribution in [0.4, 0.5) is 0 Å². The molecule has 2 aromatic carbocycles. The van der Waals surface area contributed by atoms with Gasteiger partial charge in [0, 0.05) is 43.2 Å². The molecule has 2 amide bonds. The van der Waals surface area contributed by atoms with Crippen LogP contribution in [-0.4, -0.2) is 45.4 Å². The standard InChI is InChI=1S/C23H22Cl2N4O4S/c1-28-18-8-7-17(24)20(25)16(18)11-19(28)21(31)27-23(9-2-10-29(12-23)34-26-13-30)15-5-3-14(4-6-15)22(32)33/h3-8,11,13H,2,9-10,12H2,1H3,(H,26,30)(H,27,31)(H,32,33). The Morgan fingerprint density at radius 2 is 1.91 bits per heavy atom. The van der Waals surface area contributed by atoms with Gasteiger partial charge in [0.15, 0.2) is 0 Å². The molecule has 0 radical (unpaired) electrons. The molecule has 1 fully saturated rings. The predicted molar refractivity (Wildman–Crippen MR) is 133 cm³/mol. The molecule has 1 aromatic heterocycles. The molecule has 4 rings (SSSR count). The molecule has 3 N–H and O–H groups in total. The number of nitrogens with one attached hydrogen (secondary N) is 2. The van der Waals surface area contributed by atoms with Crippen molar-refractivity contribution in [3.8, 4) is 0 Å². The van der Waals surface area contributed by atoms with Gasteiger partial charge in [0.1, 0.15) is 5.69 Å². The number of hydrogen-bond acceptors (Lipinski definition) is 5. The van der Waals surface area contributed by atoms with Crippen molar-refractivity contribution in [2.45, 2.75) is 18.4 Å². The average molecular weight is 521 g/mol. The molecular formula is C23H22Cl2N4O4S. The molecule has 3 aromatic rings. The van der Waals surface area contributed by atoms with Crippen molar-refractivity contribution in [2.24, 2.45) is 7.05 Å². The van der Waals surface area contributed by atoms with Crippen molar-refractivity contribution >= 4 is 64.5 Å². The summed E-state index contributed by atoms with van der Waals surface area (Å²) < 4.78 is 6.32. The largest absolute Gasteiger partial charge is 0.478 e. The van der Waals surface area contributed by atoms with Gasteiger partial charge in [-0.3, -0.25) is 14.3 Å². The number of carbonyl (C=O) groups excluding carboxylic acids is 2. The molecule has 0 aliphatic carbocycles. The summed E-state index contributed by atoms with van der Waals surface area (Å²) in [6, 6.07) is 11.7. The van der Waals surface area contributed by atoms with Crippen LogP contribution in [0.2, 0.25) is 10.0 Å². The molecule has 1 atom stereocenters. The van der Waals surface area contributed by atoms with Crippen LogP contribution in [0.3, 0.4) is 0 Å². The molecule has 11 heteroatoms. The fourth-order valence-electron chi connectivity index (χ4n) is 4.38. The molecule has 178 valence electrons. The summed E-state index contributed by atoms with van der Waals surface area (Å²) in [6.45, 7) is 1.13. The number of benzene rings is 2. The lowest BCUT2D eigenvalue weighted by molar-refractivity contribution is -0.108. The third-order valence-corrected chi connectivity index (χ3v) is 7.66. The van der Waals surface area contributed by atoms with Gasteiger partial charge >= 0.3 is 5.97 Å². The number of carboxylic acids is 1. The van der Waals surface area contributed by atoms with Crippen molar-refractivity contribution in [1.82, 2.24) is 18.9 Å². The maximum Gasteiger partial charge on any atom is 0.335 e. The zero-order chi connectivity index (χ0) is 24.5. The van der Waals surface area contributed by atoms with E-state index in [1.165, 1.54) is 24.3 Å². The summed E-state index contributed by atoms with van der Waals surface area (Å²) in [7, 11) is 1.78. The minimum atomic E-state index is -1.02. The number of aryl methyl sites for hydroxylation is 1. The summed E-state index contributed by atoms with van der Waals surface area (Å²) in [5, 5.41) is 13.9. The van der Waals surface area contributed by atoms with Gasteiger partial charge in [0.2, 0.25) is 6.41 Å². The number of carbonyl (C=O) groups is 3. The van der Waals surface area contributed by atoms with Gasteiger partial charge < -0.3 is 15.0 Å². The van der Waals surface area contributed by atoms with E-state index >= 15 is 0 Å². The Kier molecular flexibility index (Phi) is 7.09. The topological polar surface area (TPSA) is 104 Å². The number of hydrogen-bond donors (Lipinski definition) is 3. The lowest BCUT2D eigenvalue weighted by Gasteiger charge is -2.43. The number of aromatic nitrogens is 1. The van der Waals surface area contributed by atoms with Crippen LogP contribution < -0.4 is 10.0 Å². The number of carboxylic acid groups (broad SMARTS) is 1. The first-order chi connectivity index (χ1) is 16.3. The molecule has 1 aliphatic heterocycles. The second-order valence-corrected chi connectivity index (χ2v) is 9.82. The zero-order valence-electron chi connectivity index (χ0n) is 18.2. The SMILES string of the molecule is Cn1c(C(=O)NC2(c3ccc(C(=O)O)cc3)CCCN(SNC=O)C2)cc2c(Cl)c(Cl)ccc21. The summed E-state index contributed by atoms with van der Waals surface area (Å²) >= 11 is 13.7. The highest BCUT2D eigenvalue weighted by Crippen LogP contribution is 2.36. The van der Waals surface area contributed by atoms with Gasteiger partial charge in [0.05, 0.1) is 21.1 Å². The average Bonchev–Trinajstić information content (AvgIpc) is 3.17. The van der Waals surface area contributed by atoms with Crippen molar-refractivity contribution in [2.75, 3.05) is 13.1 Å². The molecule has 1 aliphatic rings. The lowest BCUT2D eigenvalue weighted by Crippen LogP contribution is -2.55. The van der Waals surface area contributed by atoms with E-state index < -0.39 is 11.5 Å². The Balaban J connectivity index is 1.72. The smallest absolute Gasteiger partial charge is 0.335 e. The van der Waals surface area contributed by atoms with Crippen LogP contribution >= 0.6 is 35.3 Å². The third kappa shape index (κ3) is 4.61. The third-order valence-electron chi connectivity index (χ3n) is 6.07. The van der Waals surface area contributed by atoms with Crippen LogP contribution in [0, 0.1) is 0 Å². The van der Waals surface area contributed by atoms with Crippen molar-refractivity contribution in [1.29, 1.82) is 0 Å². The summed E-state index contributed by atoms with van der Waals surface area (Å²) in [6.07, 6.45) is 2.00. The molecule has 8 nitrogen and oxygen atoms in total. The molecule has 0 saturated carbocycles. The highest BCUT2D eigenvalue weighted by Gasteiger charge is 2.39. The second-order valence-electron chi connectivity index (χ2n) is 8.10. The van der Waals surface area contributed by atoms with Gasteiger partial charge in [-0.2, -0.15) is 0 Å². The Morgan fingerprint density at radius 3 is 2.59 bits per heavy atom. The van der Waals surface area contributed by atoms with E-state index in [2.05, 4.69) is 10.0 Å².